The lowest BCUT2D eigenvalue weighted by atomic mass is 10.2. The highest BCUT2D eigenvalue weighted by molar-refractivity contribution is 7.94. The standard InChI is InChI=1S/C9H14N2O6S/c12-7(8(13)14)1-3-10-9(15)11-6-2-4-18(16,17)5-6/h2,4,6-7,12H,1,3,5H2,(H,13,14)(H2,10,11,15). The summed E-state index contributed by atoms with van der Waals surface area (Å²) in [6.45, 7) is -0.0253. The highest BCUT2D eigenvalue weighted by Gasteiger charge is 2.23. The lowest BCUT2D eigenvalue weighted by Crippen LogP contribution is -2.43. The van der Waals surface area contributed by atoms with Gasteiger partial charge in [-0.1, -0.05) is 0 Å². The molecule has 1 rings (SSSR count). The SMILES string of the molecule is O=C(NCCC(O)C(=O)O)NC1C=CS(=O)(=O)C1. The van der Waals surface area contributed by atoms with Gasteiger partial charge in [0.2, 0.25) is 0 Å². The molecule has 0 aliphatic carbocycles. The van der Waals surface area contributed by atoms with Crippen molar-refractivity contribution in [1.29, 1.82) is 0 Å². The van der Waals surface area contributed by atoms with Gasteiger partial charge in [-0.15, -0.1) is 0 Å². The number of aliphatic carboxylic acids is 1. The van der Waals surface area contributed by atoms with E-state index in [0.29, 0.717) is 0 Å². The molecule has 0 aromatic carbocycles. The maximum atomic E-state index is 11.3. The molecular weight excluding hydrogens is 264 g/mol. The van der Waals surface area contributed by atoms with Gasteiger partial charge in [-0.2, -0.15) is 0 Å². The Morgan fingerprint density at radius 2 is 2.11 bits per heavy atom. The molecule has 4 N–H and O–H groups in total. The Balaban J connectivity index is 2.23. The lowest BCUT2D eigenvalue weighted by Gasteiger charge is -2.11. The van der Waals surface area contributed by atoms with Gasteiger partial charge in [0.25, 0.3) is 0 Å². The Kier molecular flexibility index (Phi) is 4.68. The molecule has 0 saturated carbocycles. The van der Waals surface area contributed by atoms with Crippen molar-refractivity contribution in [2.75, 3.05) is 12.3 Å². The van der Waals surface area contributed by atoms with Gasteiger partial charge in [0.05, 0.1) is 11.8 Å². The van der Waals surface area contributed by atoms with E-state index in [9.17, 15) is 18.0 Å². The minimum absolute atomic E-state index is 0.0253. The summed E-state index contributed by atoms with van der Waals surface area (Å²) in [5.74, 6) is -1.54. The average molecular weight is 278 g/mol. The number of hydrogen-bond donors (Lipinski definition) is 4. The Bertz CT molecular complexity index is 458. The van der Waals surface area contributed by atoms with Crippen LogP contribution >= 0.6 is 0 Å². The van der Waals surface area contributed by atoms with Crippen LogP contribution in [0.1, 0.15) is 6.42 Å². The maximum absolute atomic E-state index is 11.3. The van der Waals surface area contributed by atoms with Crippen LogP contribution in [0, 0.1) is 0 Å². The first kappa shape index (κ1) is 14.5. The summed E-state index contributed by atoms with van der Waals surface area (Å²) in [5.41, 5.74) is 0. The second-order valence-corrected chi connectivity index (χ2v) is 5.74. The molecular formula is C9H14N2O6S. The summed E-state index contributed by atoms with van der Waals surface area (Å²) < 4.78 is 22.1. The Labute approximate surface area is 104 Å². The summed E-state index contributed by atoms with van der Waals surface area (Å²) in [4.78, 5) is 21.6. The molecule has 0 radical (unpaired) electrons. The second kappa shape index (κ2) is 5.83. The van der Waals surface area contributed by atoms with Gasteiger partial charge >= 0.3 is 12.0 Å². The minimum atomic E-state index is -3.23. The molecule has 0 spiro atoms. The molecule has 18 heavy (non-hydrogen) atoms. The van der Waals surface area contributed by atoms with Gasteiger partial charge in [-0.05, 0) is 6.08 Å². The number of aliphatic hydroxyl groups is 1. The zero-order chi connectivity index (χ0) is 13.8. The van der Waals surface area contributed by atoms with Crippen molar-refractivity contribution >= 4 is 21.8 Å². The van der Waals surface area contributed by atoms with E-state index >= 15 is 0 Å². The smallest absolute Gasteiger partial charge is 0.332 e. The molecule has 8 nitrogen and oxygen atoms in total. The zero-order valence-corrected chi connectivity index (χ0v) is 10.2. The first-order chi connectivity index (χ1) is 8.30. The minimum Gasteiger partial charge on any atom is -0.479 e. The van der Waals surface area contributed by atoms with Crippen LogP contribution in [0.25, 0.3) is 0 Å². The monoisotopic (exact) mass is 278 g/mol. The highest BCUT2D eigenvalue weighted by atomic mass is 32.2. The van der Waals surface area contributed by atoms with Gasteiger partial charge in [0.1, 0.15) is 0 Å². The van der Waals surface area contributed by atoms with Gasteiger partial charge in [-0.3, -0.25) is 0 Å². The first-order valence-electron chi connectivity index (χ1n) is 5.16. The molecule has 2 amide bonds. The third-order valence-electron chi connectivity index (χ3n) is 2.23. The van der Waals surface area contributed by atoms with Crippen molar-refractivity contribution in [2.45, 2.75) is 18.6 Å². The van der Waals surface area contributed by atoms with Gasteiger partial charge < -0.3 is 20.8 Å². The number of carboxylic acids is 1. The summed E-state index contributed by atoms with van der Waals surface area (Å²) >= 11 is 0. The van der Waals surface area contributed by atoms with E-state index in [1.165, 1.54) is 6.08 Å². The topological polar surface area (TPSA) is 133 Å². The van der Waals surface area contributed by atoms with Gasteiger partial charge in [-0.25, -0.2) is 18.0 Å². The third kappa shape index (κ3) is 4.72. The second-order valence-electron chi connectivity index (χ2n) is 3.81. The molecule has 1 aliphatic heterocycles. The molecule has 0 saturated heterocycles. The molecule has 2 unspecified atom stereocenters. The average Bonchev–Trinajstić information content (AvgIpc) is 2.57. The highest BCUT2D eigenvalue weighted by Crippen LogP contribution is 2.07. The number of amides is 2. The number of carbonyl (C=O) groups excluding carboxylic acids is 1. The fourth-order valence-corrected chi connectivity index (χ4v) is 2.57. The molecule has 0 fully saturated rings. The van der Waals surface area contributed by atoms with Crippen LogP contribution in [-0.2, 0) is 14.6 Å². The van der Waals surface area contributed by atoms with Crippen LogP contribution in [0.3, 0.4) is 0 Å². The third-order valence-corrected chi connectivity index (χ3v) is 3.63. The normalized spacial score (nSPS) is 22.4. The molecule has 0 aromatic rings. The van der Waals surface area contributed by atoms with Crippen LogP contribution in [0.4, 0.5) is 4.79 Å². The first-order valence-corrected chi connectivity index (χ1v) is 6.88. The fraction of sp³-hybridized carbons (Fsp3) is 0.556. The van der Waals surface area contributed by atoms with Crippen molar-refractivity contribution < 1.29 is 28.2 Å². The van der Waals surface area contributed by atoms with Crippen LogP contribution in [0.5, 0.6) is 0 Å². The van der Waals surface area contributed by atoms with E-state index in [1.54, 1.807) is 0 Å². The molecule has 0 aromatic heterocycles. The van der Waals surface area contributed by atoms with E-state index in [1.807, 2.05) is 0 Å². The number of rotatable bonds is 5. The predicted molar refractivity (Wildman–Crippen MR) is 61.5 cm³/mol. The number of nitrogens with one attached hydrogen (secondary N) is 2. The summed E-state index contributed by atoms with van der Waals surface area (Å²) in [6, 6.07) is -1.20. The van der Waals surface area contributed by atoms with Crippen molar-refractivity contribution in [2.24, 2.45) is 0 Å². The maximum Gasteiger partial charge on any atom is 0.332 e. The van der Waals surface area contributed by atoms with Crippen molar-refractivity contribution in [3.05, 3.63) is 11.5 Å². The van der Waals surface area contributed by atoms with Crippen molar-refractivity contribution in [3.8, 4) is 0 Å². The van der Waals surface area contributed by atoms with Gasteiger partial charge in [0.15, 0.2) is 15.9 Å². The summed E-state index contributed by atoms with van der Waals surface area (Å²) in [7, 11) is -3.23. The zero-order valence-electron chi connectivity index (χ0n) is 9.37. The number of carboxylic acid groups (broad SMARTS) is 1. The lowest BCUT2D eigenvalue weighted by molar-refractivity contribution is -0.146. The number of aliphatic hydroxyl groups excluding tert-OH is 1. The number of carbonyl (C=O) groups is 2. The molecule has 0 bridgehead atoms. The van der Waals surface area contributed by atoms with Crippen LogP contribution in [-0.4, -0.2) is 55.1 Å². The van der Waals surface area contributed by atoms with Crippen molar-refractivity contribution in [1.82, 2.24) is 10.6 Å². The van der Waals surface area contributed by atoms with E-state index < -0.39 is 34.0 Å². The van der Waals surface area contributed by atoms with Crippen LogP contribution in [0.15, 0.2) is 11.5 Å². The molecule has 1 aliphatic rings. The quantitative estimate of drug-likeness (QED) is 0.480. The fourth-order valence-electron chi connectivity index (χ4n) is 1.33. The predicted octanol–water partition coefficient (Wildman–Crippen LogP) is -1.57. The van der Waals surface area contributed by atoms with Gasteiger partial charge in [0, 0.05) is 18.4 Å². The number of sulfone groups is 1. The molecule has 9 heteroatoms. The Hall–Kier alpha value is -1.61. The summed E-state index contributed by atoms with van der Waals surface area (Å²) in [5, 5.41) is 23.1. The van der Waals surface area contributed by atoms with E-state index in [4.69, 9.17) is 10.2 Å². The van der Waals surface area contributed by atoms with E-state index in [0.717, 1.165) is 5.41 Å². The Morgan fingerprint density at radius 1 is 1.44 bits per heavy atom. The molecule has 2 atom stereocenters. The van der Waals surface area contributed by atoms with Crippen LogP contribution < -0.4 is 10.6 Å². The largest absolute Gasteiger partial charge is 0.479 e. The van der Waals surface area contributed by atoms with E-state index in [-0.39, 0.29) is 18.7 Å². The number of urea groups is 1. The van der Waals surface area contributed by atoms with Crippen LogP contribution in [0.2, 0.25) is 0 Å². The number of hydrogen-bond acceptors (Lipinski definition) is 5. The summed E-state index contributed by atoms with van der Waals surface area (Å²) in [6.07, 6.45) is -0.292. The molecule has 1 heterocycles. The Morgan fingerprint density at radius 3 is 2.61 bits per heavy atom. The van der Waals surface area contributed by atoms with E-state index in [2.05, 4.69) is 10.6 Å². The molecule has 102 valence electrons. The van der Waals surface area contributed by atoms with Crippen molar-refractivity contribution in [3.63, 3.8) is 0 Å².